The molecule has 1 aromatic rings. The van der Waals surface area contributed by atoms with Crippen molar-refractivity contribution in [3.8, 4) is 5.75 Å². The van der Waals surface area contributed by atoms with Crippen LogP contribution in [-0.2, 0) is 14.3 Å². The van der Waals surface area contributed by atoms with Crippen LogP contribution >= 0.6 is 11.8 Å². The largest absolute Gasteiger partial charge is 0.497 e. The van der Waals surface area contributed by atoms with Gasteiger partial charge in [-0.1, -0.05) is 12.8 Å². The van der Waals surface area contributed by atoms with Crippen molar-refractivity contribution in [3.05, 3.63) is 24.3 Å². The van der Waals surface area contributed by atoms with Gasteiger partial charge in [-0.15, -0.1) is 11.8 Å². The topological polar surface area (TPSA) is 52.6 Å². The third-order valence-electron chi connectivity index (χ3n) is 3.29. The van der Waals surface area contributed by atoms with Crippen molar-refractivity contribution in [1.82, 2.24) is 0 Å². The number of benzene rings is 1. The van der Waals surface area contributed by atoms with Gasteiger partial charge in [0.05, 0.1) is 19.5 Å². The Bertz CT molecular complexity index is 525. The van der Waals surface area contributed by atoms with Crippen LogP contribution < -0.4 is 4.74 Å². The molecule has 1 aliphatic rings. The summed E-state index contributed by atoms with van der Waals surface area (Å²) in [5.74, 6) is 0.821. The summed E-state index contributed by atoms with van der Waals surface area (Å²) in [6.45, 7) is 0. The van der Waals surface area contributed by atoms with Crippen molar-refractivity contribution in [1.29, 1.82) is 0 Å². The Hall–Kier alpha value is -0.720. The summed E-state index contributed by atoms with van der Waals surface area (Å²) in [6, 6.07) is 7.82. The van der Waals surface area contributed by atoms with Crippen LogP contribution in [0.15, 0.2) is 29.2 Å². The first-order valence-electron chi connectivity index (χ1n) is 6.67. The van der Waals surface area contributed by atoms with Crippen LogP contribution in [0.1, 0.15) is 25.7 Å². The second-order valence-electron chi connectivity index (χ2n) is 4.96. The van der Waals surface area contributed by atoms with Crippen molar-refractivity contribution in [2.75, 3.05) is 13.4 Å². The van der Waals surface area contributed by atoms with Crippen molar-refractivity contribution >= 4 is 21.9 Å². The molecule has 112 valence electrons. The monoisotopic (exact) mass is 316 g/mol. The molecule has 0 spiro atoms. The minimum atomic E-state index is -3.39. The summed E-state index contributed by atoms with van der Waals surface area (Å²) in [6.07, 6.45) is 4.84. The zero-order valence-corrected chi connectivity index (χ0v) is 13.4. The Labute approximate surface area is 125 Å². The molecular weight excluding hydrogens is 296 g/mol. The second-order valence-corrected chi connectivity index (χ2v) is 7.87. The van der Waals surface area contributed by atoms with Gasteiger partial charge in [0.25, 0.3) is 10.1 Å². The van der Waals surface area contributed by atoms with Gasteiger partial charge < -0.3 is 4.74 Å². The Kier molecular flexibility index (Phi) is 5.35. The van der Waals surface area contributed by atoms with Gasteiger partial charge in [-0.25, -0.2) is 0 Å². The fraction of sp³-hybridized carbons (Fsp3) is 0.571. The molecule has 0 heterocycles. The summed E-state index contributed by atoms with van der Waals surface area (Å²) < 4.78 is 33.0. The van der Waals surface area contributed by atoms with E-state index in [0.29, 0.717) is 0 Å². The normalized spacial score (nSPS) is 23.5. The van der Waals surface area contributed by atoms with E-state index in [1.54, 1.807) is 18.9 Å². The standard InChI is InChI=1S/C14H20O4S2/c1-17-11-7-9-12(10-8-11)19-14-6-4-3-5-13(14)18-20(2,15)16/h7-10,13-14H,3-6H2,1-2H3. The number of ether oxygens (including phenoxy) is 1. The molecule has 2 atom stereocenters. The zero-order valence-electron chi connectivity index (χ0n) is 11.7. The Morgan fingerprint density at radius 1 is 1.15 bits per heavy atom. The molecule has 1 fully saturated rings. The Morgan fingerprint density at radius 3 is 2.40 bits per heavy atom. The lowest BCUT2D eigenvalue weighted by atomic mass is 9.97. The van der Waals surface area contributed by atoms with Crippen molar-refractivity contribution < 1.29 is 17.3 Å². The fourth-order valence-corrected chi connectivity index (χ4v) is 4.38. The molecule has 6 heteroatoms. The van der Waals surface area contributed by atoms with E-state index in [2.05, 4.69) is 0 Å². The minimum Gasteiger partial charge on any atom is -0.497 e. The molecule has 2 rings (SSSR count). The van der Waals surface area contributed by atoms with Gasteiger partial charge in [0.15, 0.2) is 0 Å². The van der Waals surface area contributed by atoms with Crippen molar-refractivity contribution in [2.45, 2.75) is 41.9 Å². The summed E-state index contributed by atoms with van der Waals surface area (Å²) in [4.78, 5) is 1.11. The van der Waals surface area contributed by atoms with Crippen LogP contribution in [0.3, 0.4) is 0 Å². The van der Waals surface area contributed by atoms with E-state index in [1.165, 1.54) is 0 Å². The summed E-state index contributed by atoms with van der Waals surface area (Å²) in [5.41, 5.74) is 0. The average molecular weight is 316 g/mol. The summed E-state index contributed by atoms with van der Waals surface area (Å²) in [5, 5.41) is 0.187. The van der Waals surface area contributed by atoms with Crippen molar-refractivity contribution in [2.24, 2.45) is 0 Å². The van der Waals surface area contributed by atoms with Crippen LogP contribution in [0.25, 0.3) is 0 Å². The lowest BCUT2D eigenvalue weighted by molar-refractivity contribution is 0.170. The highest BCUT2D eigenvalue weighted by Gasteiger charge is 2.29. The van der Waals surface area contributed by atoms with E-state index in [0.717, 1.165) is 42.6 Å². The van der Waals surface area contributed by atoms with Gasteiger partial charge in [0, 0.05) is 10.1 Å². The van der Waals surface area contributed by atoms with Gasteiger partial charge in [-0.05, 0) is 37.1 Å². The lowest BCUT2D eigenvalue weighted by Crippen LogP contribution is -2.31. The minimum absolute atomic E-state index is 0.187. The second kappa shape index (κ2) is 6.83. The number of methoxy groups -OCH3 is 1. The van der Waals surface area contributed by atoms with E-state index in [1.807, 2.05) is 24.3 Å². The van der Waals surface area contributed by atoms with Gasteiger partial charge in [-0.2, -0.15) is 8.42 Å². The van der Waals surface area contributed by atoms with Crippen LogP contribution in [0.5, 0.6) is 5.75 Å². The third kappa shape index (κ3) is 4.68. The maximum absolute atomic E-state index is 11.3. The molecule has 4 nitrogen and oxygen atoms in total. The first kappa shape index (κ1) is 15.7. The smallest absolute Gasteiger partial charge is 0.264 e. The number of rotatable bonds is 5. The number of hydrogen-bond donors (Lipinski definition) is 0. The highest BCUT2D eigenvalue weighted by molar-refractivity contribution is 8.00. The molecule has 1 aliphatic carbocycles. The first-order valence-corrected chi connectivity index (χ1v) is 9.36. The predicted octanol–water partition coefficient (Wildman–Crippen LogP) is 3.07. The molecule has 0 bridgehead atoms. The molecule has 2 unspecified atom stereocenters. The SMILES string of the molecule is COc1ccc(SC2CCCCC2OS(C)(=O)=O)cc1. The molecular formula is C14H20O4S2. The molecule has 1 aromatic carbocycles. The highest BCUT2D eigenvalue weighted by atomic mass is 32.2. The average Bonchev–Trinajstić information content (AvgIpc) is 2.40. The first-order chi connectivity index (χ1) is 9.48. The number of hydrogen-bond acceptors (Lipinski definition) is 5. The quantitative estimate of drug-likeness (QED) is 0.781. The molecule has 0 aromatic heterocycles. The lowest BCUT2D eigenvalue weighted by Gasteiger charge is -2.29. The maximum Gasteiger partial charge on any atom is 0.264 e. The highest BCUT2D eigenvalue weighted by Crippen LogP contribution is 2.36. The van der Waals surface area contributed by atoms with E-state index in [4.69, 9.17) is 8.92 Å². The van der Waals surface area contributed by atoms with Crippen LogP contribution in [0, 0.1) is 0 Å². The molecule has 20 heavy (non-hydrogen) atoms. The molecule has 0 aliphatic heterocycles. The van der Waals surface area contributed by atoms with Gasteiger partial charge in [-0.3, -0.25) is 4.18 Å². The molecule has 0 amide bonds. The van der Waals surface area contributed by atoms with E-state index >= 15 is 0 Å². The van der Waals surface area contributed by atoms with Crippen LogP contribution in [0.2, 0.25) is 0 Å². The zero-order chi connectivity index (χ0) is 14.6. The molecule has 1 saturated carbocycles. The molecule has 0 radical (unpaired) electrons. The molecule has 0 saturated heterocycles. The van der Waals surface area contributed by atoms with E-state index in [9.17, 15) is 8.42 Å². The van der Waals surface area contributed by atoms with Crippen molar-refractivity contribution in [3.63, 3.8) is 0 Å². The van der Waals surface area contributed by atoms with E-state index in [-0.39, 0.29) is 11.4 Å². The maximum atomic E-state index is 11.3. The Balaban J connectivity index is 2.04. The van der Waals surface area contributed by atoms with Crippen LogP contribution in [-0.4, -0.2) is 33.1 Å². The Morgan fingerprint density at radius 2 is 1.80 bits per heavy atom. The molecule has 0 N–H and O–H groups in total. The van der Waals surface area contributed by atoms with E-state index < -0.39 is 10.1 Å². The summed E-state index contributed by atoms with van der Waals surface area (Å²) in [7, 11) is -1.75. The van der Waals surface area contributed by atoms with Crippen LogP contribution in [0.4, 0.5) is 0 Å². The summed E-state index contributed by atoms with van der Waals surface area (Å²) >= 11 is 1.69. The predicted molar refractivity (Wildman–Crippen MR) is 80.8 cm³/mol. The van der Waals surface area contributed by atoms with Gasteiger partial charge in [0.1, 0.15) is 5.75 Å². The van der Waals surface area contributed by atoms with Gasteiger partial charge in [0.2, 0.25) is 0 Å². The number of thioether (sulfide) groups is 1. The third-order valence-corrected chi connectivity index (χ3v) is 5.27. The fourth-order valence-electron chi connectivity index (χ4n) is 2.36. The van der Waals surface area contributed by atoms with Gasteiger partial charge >= 0.3 is 0 Å².